The third-order valence-corrected chi connectivity index (χ3v) is 4.25. The summed E-state index contributed by atoms with van der Waals surface area (Å²) in [6, 6.07) is 5.30. The summed E-state index contributed by atoms with van der Waals surface area (Å²) in [5, 5.41) is 4.75. The van der Waals surface area contributed by atoms with Crippen molar-refractivity contribution >= 4 is 33.3 Å². The van der Waals surface area contributed by atoms with Crippen LogP contribution >= 0.6 is 27.5 Å². The van der Waals surface area contributed by atoms with Crippen LogP contribution < -0.4 is 4.74 Å². The summed E-state index contributed by atoms with van der Waals surface area (Å²) in [5.41, 5.74) is 2.00. The van der Waals surface area contributed by atoms with Gasteiger partial charge in [0.05, 0.1) is 29.9 Å². The van der Waals surface area contributed by atoms with Gasteiger partial charge in [0.25, 0.3) is 0 Å². The van der Waals surface area contributed by atoms with Gasteiger partial charge >= 0.3 is 0 Å². The van der Waals surface area contributed by atoms with Gasteiger partial charge in [-0.3, -0.25) is 9.48 Å². The van der Waals surface area contributed by atoms with E-state index in [1.807, 2.05) is 6.92 Å². The van der Waals surface area contributed by atoms with Gasteiger partial charge in [-0.05, 0) is 25.1 Å². The number of halogens is 2. The van der Waals surface area contributed by atoms with Crippen LogP contribution in [-0.2, 0) is 13.5 Å². The number of aromatic nitrogens is 2. The number of methoxy groups -OCH3 is 1. The monoisotopic (exact) mass is 356 g/mol. The second-order valence-electron chi connectivity index (χ2n) is 4.42. The summed E-state index contributed by atoms with van der Waals surface area (Å²) in [5.74, 6) is 0.601. The van der Waals surface area contributed by atoms with Crippen molar-refractivity contribution in [1.82, 2.24) is 9.78 Å². The summed E-state index contributed by atoms with van der Waals surface area (Å²) >= 11 is 9.56. The molecular formula is C14H14BrClN2O2. The molecule has 20 heavy (non-hydrogen) atoms. The fraction of sp³-hybridized carbons (Fsp3) is 0.286. The van der Waals surface area contributed by atoms with E-state index >= 15 is 0 Å². The Morgan fingerprint density at radius 3 is 2.75 bits per heavy atom. The molecule has 0 fully saturated rings. The number of hydrogen-bond acceptors (Lipinski definition) is 3. The predicted molar refractivity (Wildman–Crippen MR) is 81.7 cm³/mol. The Labute approximate surface area is 130 Å². The second-order valence-corrected chi connectivity index (χ2v) is 5.65. The maximum atomic E-state index is 12.4. The van der Waals surface area contributed by atoms with Gasteiger partial charge in [-0.25, -0.2) is 0 Å². The number of carbonyl (C=O) groups excluding carboxylic acids is 1. The van der Waals surface area contributed by atoms with E-state index in [2.05, 4.69) is 21.0 Å². The molecule has 0 amide bonds. The first-order chi connectivity index (χ1) is 9.43. The molecule has 1 aromatic carbocycles. The predicted octanol–water partition coefficient (Wildman–Crippen LogP) is 3.58. The van der Waals surface area contributed by atoms with Gasteiger partial charge in [0.2, 0.25) is 0 Å². The van der Waals surface area contributed by atoms with Gasteiger partial charge in [-0.1, -0.05) is 27.5 Å². The number of ether oxygens (including phenoxy) is 1. The molecule has 2 aromatic rings. The van der Waals surface area contributed by atoms with E-state index in [0.29, 0.717) is 22.0 Å². The van der Waals surface area contributed by atoms with Crippen molar-refractivity contribution in [3.8, 4) is 5.75 Å². The molecule has 0 aliphatic rings. The number of nitrogens with zero attached hydrogens (tertiary/aromatic N) is 2. The third-order valence-electron chi connectivity index (χ3n) is 3.06. The van der Waals surface area contributed by atoms with Crippen molar-refractivity contribution in [3.05, 3.63) is 44.6 Å². The molecule has 0 aliphatic carbocycles. The zero-order valence-electron chi connectivity index (χ0n) is 11.4. The molecule has 0 saturated carbocycles. The summed E-state index contributed by atoms with van der Waals surface area (Å²) in [4.78, 5) is 12.4. The van der Waals surface area contributed by atoms with Crippen molar-refractivity contribution in [1.29, 1.82) is 0 Å². The molecule has 4 nitrogen and oxygen atoms in total. The Balaban J connectivity index is 2.33. The number of aryl methyl sites for hydroxylation is 2. The molecular weight excluding hydrogens is 344 g/mol. The first kappa shape index (κ1) is 15.1. The fourth-order valence-electron chi connectivity index (χ4n) is 1.96. The van der Waals surface area contributed by atoms with Gasteiger partial charge in [-0.15, -0.1) is 0 Å². The molecule has 1 heterocycles. The number of carbonyl (C=O) groups is 1. The highest BCUT2D eigenvalue weighted by atomic mass is 79.9. The molecule has 2 rings (SSSR count). The summed E-state index contributed by atoms with van der Waals surface area (Å²) in [7, 11) is 3.35. The van der Waals surface area contributed by atoms with E-state index in [-0.39, 0.29) is 12.2 Å². The van der Waals surface area contributed by atoms with Gasteiger partial charge in [0.15, 0.2) is 5.78 Å². The summed E-state index contributed by atoms with van der Waals surface area (Å²) in [6.45, 7) is 1.82. The molecule has 0 unspecified atom stereocenters. The normalized spacial score (nSPS) is 10.7. The van der Waals surface area contributed by atoms with E-state index in [0.717, 1.165) is 10.2 Å². The van der Waals surface area contributed by atoms with Crippen LogP contribution in [0.1, 0.15) is 21.7 Å². The largest absolute Gasteiger partial charge is 0.497 e. The van der Waals surface area contributed by atoms with E-state index in [1.54, 1.807) is 37.0 Å². The van der Waals surface area contributed by atoms with Crippen LogP contribution in [0.2, 0.25) is 5.02 Å². The van der Waals surface area contributed by atoms with Crippen molar-refractivity contribution in [2.75, 3.05) is 7.11 Å². The molecule has 0 radical (unpaired) electrons. The van der Waals surface area contributed by atoms with Crippen LogP contribution in [0, 0.1) is 6.92 Å². The van der Waals surface area contributed by atoms with Crippen molar-refractivity contribution in [2.45, 2.75) is 13.3 Å². The van der Waals surface area contributed by atoms with Crippen molar-refractivity contribution in [3.63, 3.8) is 0 Å². The molecule has 0 atom stereocenters. The number of ketones is 1. The van der Waals surface area contributed by atoms with Crippen LogP contribution in [0.15, 0.2) is 22.7 Å². The van der Waals surface area contributed by atoms with E-state index in [1.165, 1.54) is 0 Å². The van der Waals surface area contributed by atoms with Crippen LogP contribution in [0.3, 0.4) is 0 Å². The molecule has 106 valence electrons. The standard InChI is InChI=1S/C14H14BrClN2O2/c1-8-14(16)12(18(2)17-8)7-13(19)10-6-9(20-3)4-5-11(10)15/h4-6H,7H2,1-3H3. The molecule has 6 heteroatoms. The highest BCUT2D eigenvalue weighted by Gasteiger charge is 2.18. The van der Waals surface area contributed by atoms with Crippen molar-refractivity contribution in [2.24, 2.45) is 7.05 Å². The van der Waals surface area contributed by atoms with Crippen LogP contribution in [-0.4, -0.2) is 22.7 Å². The van der Waals surface area contributed by atoms with Crippen molar-refractivity contribution < 1.29 is 9.53 Å². The van der Waals surface area contributed by atoms with Gasteiger partial charge < -0.3 is 4.74 Å². The highest BCUT2D eigenvalue weighted by molar-refractivity contribution is 9.10. The van der Waals surface area contributed by atoms with E-state index in [4.69, 9.17) is 16.3 Å². The minimum absolute atomic E-state index is 0.0410. The summed E-state index contributed by atoms with van der Waals surface area (Å²) < 4.78 is 7.52. The van der Waals surface area contributed by atoms with E-state index < -0.39 is 0 Å². The van der Waals surface area contributed by atoms with E-state index in [9.17, 15) is 4.79 Å². The zero-order valence-corrected chi connectivity index (χ0v) is 13.7. The molecule has 0 N–H and O–H groups in total. The minimum Gasteiger partial charge on any atom is -0.497 e. The first-order valence-corrected chi connectivity index (χ1v) is 7.15. The third kappa shape index (κ3) is 2.88. The Hall–Kier alpha value is -1.33. The molecule has 1 aromatic heterocycles. The Kier molecular flexibility index (Phi) is 4.50. The smallest absolute Gasteiger partial charge is 0.170 e. The van der Waals surface area contributed by atoms with Gasteiger partial charge in [0, 0.05) is 17.1 Å². The molecule has 0 spiro atoms. The lowest BCUT2D eigenvalue weighted by molar-refractivity contribution is 0.0989. The lowest BCUT2D eigenvalue weighted by Gasteiger charge is -2.07. The quantitative estimate of drug-likeness (QED) is 0.786. The SMILES string of the molecule is COc1ccc(Br)c(C(=O)Cc2c(Cl)c(C)nn2C)c1. The average molecular weight is 358 g/mol. The van der Waals surface area contributed by atoms with Crippen LogP contribution in [0.5, 0.6) is 5.75 Å². The topological polar surface area (TPSA) is 44.1 Å². The van der Waals surface area contributed by atoms with Crippen LogP contribution in [0.25, 0.3) is 0 Å². The number of benzene rings is 1. The Morgan fingerprint density at radius 1 is 1.50 bits per heavy atom. The Morgan fingerprint density at radius 2 is 2.20 bits per heavy atom. The lowest BCUT2D eigenvalue weighted by atomic mass is 10.1. The Bertz CT molecular complexity index is 667. The van der Waals surface area contributed by atoms with Crippen LogP contribution in [0.4, 0.5) is 0 Å². The number of rotatable bonds is 4. The maximum absolute atomic E-state index is 12.4. The summed E-state index contributed by atoms with van der Waals surface area (Å²) in [6.07, 6.45) is 0.196. The second kappa shape index (κ2) is 5.97. The number of Topliss-reactive ketones (excluding diaryl/α,β-unsaturated/α-hetero) is 1. The minimum atomic E-state index is -0.0410. The van der Waals surface area contributed by atoms with Gasteiger partial charge in [0.1, 0.15) is 5.75 Å². The molecule has 0 saturated heterocycles. The zero-order chi connectivity index (χ0) is 14.9. The number of hydrogen-bond donors (Lipinski definition) is 0. The lowest BCUT2D eigenvalue weighted by Crippen LogP contribution is -2.09. The average Bonchev–Trinajstić information content (AvgIpc) is 2.66. The highest BCUT2D eigenvalue weighted by Crippen LogP contribution is 2.26. The first-order valence-electron chi connectivity index (χ1n) is 5.98. The van der Waals surface area contributed by atoms with Gasteiger partial charge in [-0.2, -0.15) is 5.10 Å². The fourth-order valence-corrected chi connectivity index (χ4v) is 2.66. The maximum Gasteiger partial charge on any atom is 0.170 e. The molecule has 0 bridgehead atoms. The molecule has 0 aliphatic heterocycles.